The lowest BCUT2D eigenvalue weighted by atomic mass is 10.2. The maximum absolute atomic E-state index is 12.0. The zero-order valence-corrected chi connectivity index (χ0v) is 14.9. The third-order valence-corrected chi connectivity index (χ3v) is 3.99. The van der Waals surface area contributed by atoms with Crippen LogP contribution in [0.1, 0.15) is 17.5 Å². The van der Waals surface area contributed by atoms with Crippen LogP contribution in [0, 0.1) is 11.3 Å². The number of anilines is 1. The molecular formula is C19H16BrN3O2. The first-order valence-electron chi connectivity index (χ1n) is 7.54. The molecule has 0 saturated heterocycles. The molecule has 0 aliphatic rings. The number of hydrogen-bond donors (Lipinski definition) is 2. The molecule has 0 aliphatic heterocycles. The lowest BCUT2D eigenvalue weighted by Crippen LogP contribution is -2.21. The Morgan fingerprint density at radius 3 is 2.52 bits per heavy atom. The molecule has 6 heteroatoms. The predicted octanol–water partition coefficient (Wildman–Crippen LogP) is 3.63. The molecular weight excluding hydrogens is 382 g/mol. The summed E-state index contributed by atoms with van der Waals surface area (Å²) in [6.45, 7) is 0.344. The summed E-state index contributed by atoms with van der Waals surface area (Å²) >= 11 is 3.43. The number of nitrogens with one attached hydrogen (secondary N) is 2. The van der Waals surface area contributed by atoms with Crippen LogP contribution in [0.15, 0.2) is 59.1 Å². The number of carbonyl (C=O) groups excluding carboxylic acids is 2. The lowest BCUT2D eigenvalue weighted by Gasteiger charge is -2.06. The summed E-state index contributed by atoms with van der Waals surface area (Å²) < 4.78 is 0.918. The number of nitriles is 1. The zero-order chi connectivity index (χ0) is 18.1. The predicted molar refractivity (Wildman–Crippen MR) is 100 cm³/mol. The molecule has 0 spiro atoms. The molecule has 0 atom stereocenters. The van der Waals surface area contributed by atoms with Gasteiger partial charge in [-0.15, -0.1) is 0 Å². The number of benzene rings is 2. The van der Waals surface area contributed by atoms with Gasteiger partial charge in [0.1, 0.15) is 6.42 Å². The molecule has 0 aliphatic carbocycles. The summed E-state index contributed by atoms with van der Waals surface area (Å²) in [5, 5.41) is 13.8. The van der Waals surface area contributed by atoms with Crippen LogP contribution >= 0.6 is 15.9 Å². The van der Waals surface area contributed by atoms with Crippen LogP contribution < -0.4 is 10.6 Å². The average Bonchev–Trinajstić information content (AvgIpc) is 2.61. The van der Waals surface area contributed by atoms with Crippen molar-refractivity contribution >= 4 is 39.5 Å². The number of rotatable bonds is 6. The third-order valence-electron chi connectivity index (χ3n) is 3.27. The van der Waals surface area contributed by atoms with Gasteiger partial charge in [0.05, 0.1) is 6.07 Å². The minimum atomic E-state index is -0.308. The SMILES string of the molecule is N#CCC(=O)NCc1ccc(NC(=O)/C=C/c2ccccc2Br)cc1. The van der Waals surface area contributed by atoms with Crippen LogP contribution in [0.3, 0.4) is 0 Å². The maximum Gasteiger partial charge on any atom is 0.248 e. The van der Waals surface area contributed by atoms with E-state index in [0.29, 0.717) is 12.2 Å². The van der Waals surface area contributed by atoms with Gasteiger partial charge < -0.3 is 10.6 Å². The van der Waals surface area contributed by atoms with Crippen molar-refractivity contribution in [2.24, 2.45) is 0 Å². The molecule has 2 aromatic carbocycles. The molecule has 2 rings (SSSR count). The van der Waals surface area contributed by atoms with Crippen molar-refractivity contribution in [3.8, 4) is 6.07 Å². The fraction of sp³-hybridized carbons (Fsp3) is 0.105. The van der Waals surface area contributed by atoms with Gasteiger partial charge in [-0.25, -0.2) is 0 Å². The molecule has 0 bridgehead atoms. The Morgan fingerprint density at radius 2 is 1.84 bits per heavy atom. The fourth-order valence-corrected chi connectivity index (χ4v) is 2.42. The normalized spacial score (nSPS) is 10.2. The lowest BCUT2D eigenvalue weighted by molar-refractivity contribution is -0.120. The Morgan fingerprint density at radius 1 is 1.12 bits per heavy atom. The van der Waals surface area contributed by atoms with Crippen LogP contribution in [0.2, 0.25) is 0 Å². The Hall–Kier alpha value is -2.91. The minimum absolute atomic E-state index is 0.155. The highest BCUT2D eigenvalue weighted by Crippen LogP contribution is 2.17. The smallest absolute Gasteiger partial charge is 0.248 e. The first-order valence-corrected chi connectivity index (χ1v) is 8.34. The topological polar surface area (TPSA) is 82.0 Å². The average molecular weight is 398 g/mol. The zero-order valence-electron chi connectivity index (χ0n) is 13.3. The number of nitrogens with zero attached hydrogens (tertiary/aromatic N) is 1. The van der Waals surface area contributed by atoms with E-state index in [0.717, 1.165) is 15.6 Å². The molecule has 0 aromatic heterocycles. The van der Waals surface area contributed by atoms with Crippen molar-refractivity contribution in [1.82, 2.24) is 5.32 Å². The van der Waals surface area contributed by atoms with Gasteiger partial charge >= 0.3 is 0 Å². The summed E-state index contributed by atoms with van der Waals surface area (Å²) in [6.07, 6.45) is 3.05. The van der Waals surface area contributed by atoms with Crippen molar-refractivity contribution < 1.29 is 9.59 Å². The Kier molecular flexibility index (Phi) is 6.93. The van der Waals surface area contributed by atoms with Crippen molar-refractivity contribution in [3.63, 3.8) is 0 Å². The monoisotopic (exact) mass is 397 g/mol. The fourth-order valence-electron chi connectivity index (χ4n) is 2.00. The van der Waals surface area contributed by atoms with E-state index in [1.54, 1.807) is 36.4 Å². The van der Waals surface area contributed by atoms with E-state index in [9.17, 15) is 9.59 Å². The number of carbonyl (C=O) groups is 2. The first kappa shape index (κ1) is 18.4. The quantitative estimate of drug-likeness (QED) is 0.730. The van der Waals surface area contributed by atoms with Crippen molar-refractivity contribution in [1.29, 1.82) is 5.26 Å². The van der Waals surface area contributed by atoms with Gasteiger partial charge in [0.2, 0.25) is 11.8 Å². The molecule has 2 N–H and O–H groups in total. The van der Waals surface area contributed by atoms with Crippen LogP contribution in [0.4, 0.5) is 5.69 Å². The van der Waals surface area contributed by atoms with Gasteiger partial charge in [-0.2, -0.15) is 5.26 Å². The van der Waals surface area contributed by atoms with Gasteiger partial charge in [-0.05, 0) is 35.4 Å². The maximum atomic E-state index is 12.0. The summed E-state index contributed by atoms with van der Waals surface area (Å²) in [4.78, 5) is 23.2. The molecule has 0 unspecified atom stereocenters. The number of amides is 2. The molecule has 0 heterocycles. The van der Waals surface area contributed by atoms with Crippen molar-refractivity contribution in [2.45, 2.75) is 13.0 Å². The van der Waals surface area contributed by atoms with Crippen LogP contribution in [0.25, 0.3) is 6.08 Å². The molecule has 0 fully saturated rings. The highest BCUT2D eigenvalue weighted by Gasteiger charge is 2.02. The van der Waals surface area contributed by atoms with E-state index in [-0.39, 0.29) is 18.2 Å². The summed E-state index contributed by atoms with van der Waals surface area (Å²) in [5.74, 6) is -0.539. The summed E-state index contributed by atoms with van der Waals surface area (Å²) in [5.41, 5.74) is 2.46. The molecule has 25 heavy (non-hydrogen) atoms. The molecule has 2 aromatic rings. The second-order valence-corrected chi connectivity index (χ2v) is 6.01. The first-order chi connectivity index (χ1) is 12.1. The third kappa shape index (κ3) is 6.24. The molecule has 126 valence electrons. The highest BCUT2D eigenvalue weighted by molar-refractivity contribution is 9.10. The van der Waals surface area contributed by atoms with E-state index in [4.69, 9.17) is 5.26 Å². The molecule has 2 amide bonds. The van der Waals surface area contributed by atoms with Crippen LogP contribution in [-0.2, 0) is 16.1 Å². The van der Waals surface area contributed by atoms with Gasteiger partial charge in [0, 0.05) is 22.8 Å². The molecule has 0 radical (unpaired) electrons. The van der Waals surface area contributed by atoms with Gasteiger partial charge in [-0.3, -0.25) is 9.59 Å². The Balaban J connectivity index is 1.88. The summed E-state index contributed by atoms with van der Waals surface area (Å²) in [6, 6.07) is 16.5. The number of halogens is 1. The van der Waals surface area contributed by atoms with Gasteiger partial charge in [0.15, 0.2) is 0 Å². The van der Waals surface area contributed by atoms with E-state index >= 15 is 0 Å². The van der Waals surface area contributed by atoms with Crippen LogP contribution in [0.5, 0.6) is 0 Å². The Bertz CT molecular complexity index is 823. The van der Waals surface area contributed by atoms with Gasteiger partial charge in [-0.1, -0.05) is 46.3 Å². The number of hydrogen-bond acceptors (Lipinski definition) is 3. The molecule has 0 saturated carbocycles. The van der Waals surface area contributed by atoms with Crippen LogP contribution in [-0.4, -0.2) is 11.8 Å². The van der Waals surface area contributed by atoms with E-state index in [2.05, 4.69) is 26.6 Å². The largest absolute Gasteiger partial charge is 0.351 e. The van der Waals surface area contributed by atoms with Gasteiger partial charge in [0.25, 0.3) is 0 Å². The highest BCUT2D eigenvalue weighted by atomic mass is 79.9. The molecule has 5 nitrogen and oxygen atoms in total. The van der Waals surface area contributed by atoms with E-state index in [1.165, 1.54) is 6.08 Å². The van der Waals surface area contributed by atoms with E-state index < -0.39 is 0 Å². The minimum Gasteiger partial charge on any atom is -0.351 e. The van der Waals surface area contributed by atoms with E-state index in [1.807, 2.05) is 24.3 Å². The second kappa shape index (κ2) is 9.40. The summed E-state index contributed by atoms with van der Waals surface area (Å²) in [7, 11) is 0. The Labute approximate surface area is 154 Å². The van der Waals surface area contributed by atoms with Crippen molar-refractivity contribution in [2.75, 3.05) is 5.32 Å². The second-order valence-electron chi connectivity index (χ2n) is 5.15. The van der Waals surface area contributed by atoms with Crippen molar-refractivity contribution in [3.05, 3.63) is 70.2 Å². The standard InChI is InChI=1S/C19H16BrN3O2/c20-17-4-2-1-3-15(17)7-10-19(25)23-16-8-5-14(6-9-16)13-22-18(24)11-12-21/h1-10H,11,13H2,(H,22,24)(H,23,25)/b10-7+.